The van der Waals surface area contributed by atoms with Crippen molar-refractivity contribution >= 4 is 11.6 Å². The second kappa shape index (κ2) is 3.21. The fourth-order valence-electron chi connectivity index (χ4n) is 1.74. The Bertz CT molecular complexity index is 307. The molecular weight excluding hydrogens is 162 g/mol. The molecule has 1 aromatic carbocycles. The van der Waals surface area contributed by atoms with Crippen LogP contribution in [0.1, 0.15) is 13.3 Å². The van der Waals surface area contributed by atoms with Gasteiger partial charge in [0.05, 0.1) is 0 Å². The van der Waals surface area contributed by atoms with Crippen LogP contribution in [0.3, 0.4) is 0 Å². The molecule has 1 saturated heterocycles. The second-order valence-corrected chi connectivity index (χ2v) is 3.65. The number of benzene rings is 1. The maximum atomic E-state index is 11.5. The number of hydrogen-bond donors (Lipinski definition) is 0. The van der Waals surface area contributed by atoms with Crippen molar-refractivity contribution in [3.63, 3.8) is 0 Å². The van der Waals surface area contributed by atoms with Crippen LogP contribution in [0.15, 0.2) is 30.3 Å². The Morgan fingerprint density at radius 3 is 2.54 bits per heavy atom. The average molecular weight is 175 g/mol. The Balaban J connectivity index is 2.23. The van der Waals surface area contributed by atoms with Crippen LogP contribution in [0.5, 0.6) is 0 Å². The number of carbonyl (C=O) groups excluding carboxylic acids is 1. The molecule has 1 amide bonds. The molecule has 1 fully saturated rings. The lowest BCUT2D eigenvalue weighted by atomic mass is 10.2. The van der Waals surface area contributed by atoms with E-state index >= 15 is 0 Å². The Hall–Kier alpha value is -1.31. The second-order valence-electron chi connectivity index (χ2n) is 3.65. The van der Waals surface area contributed by atoms with Crippen molar-refractivity contribution in [3.8, 4) is 0 Å². The number of anilines is 1. The average Bonchev–Trinajstić information content (AvgIpc) is 2.47. The largest absolute Gasteiger partial charge is 0.312 e. The lowest BCUT2D eigenvalue weighted by Gasteiger charge is -2.15. The van der Waals surface area contributed by atoms with Crippen LogP contribution in [0.4, 0.5) is 5.69 Å². The van der Waals surface area contributed by atoms with E-state index in [9.17, 15) is 4.79 Å². The van der Waals surface area contributed by atoms with Gasteiger partial charge in [0, 0.05) is 18.7 Å². The Labute approximate surface area is 78.2 Å². The van der Waals surface area contributed by atoms with Crippen LogP contribution in [0, 0.1) is 5.92 Å². The number of amides is 1. The van der Waals surface area contributed by atoms with Gasteiger partial charge < -0.3 is 4.90 Å². The zero-order valence-electron chi connectivity index (χ0n) is 7.73. The highest BCUT2D eigenvalue weighted by atomic mass is 16.2. The fourth-order valence-corrected chi connectivity index (χ4v) is 1.74. The van der Waals surface area contributed by atoms with E-state index in [4.69, 9.17) is 0 Å². The van der Waals surface area contributed by atoms with E-state index < -0.39 is 0 Å². The molecule has 0 N–H and O–H groups in total. The third kappa shape index (κ3) is 1.57. The van der Waals surface area contributed by atoms with Crippen molar-refractivity contribution in [2.45, 2.75) is 13.3 Å². The maximum Gasteiger partial charge on any atom is 0.227 e. The van der Waals surface area contributed by atoms with E-state index in [1.807, 2.05) is 35.2 Å². The molecule has 0 spiro atoms. The van der Waals surface area contributed by atoms with Crippen molar-refractivity contribution in [1.82, 2.24) is 0 Å². The number of para-hydroxylation sites is 1. The summed E-state index contributed by atoms with van der Waals surface area (Å²) in [6, 6.07) is 9.86. The van der Waals surface area contributed by atoms with E-state index in [1.165, 1.54) is 0 Å². The van der Waals surface area contributed by atoms with Crippen molar-refractivity contribution in [3.05, 3.63) is 30.3 Å². The maximum absolute atomic E-state index is 11.5. The molecule has 0 bridgehead atoms. The molecule has 2 nitrogen and oxygen atoms in total. The molecule has 1 atom stereocenters. The number of nitrogens with zero attached hydrogens (tertiary/aromatic N) is 1. The molecule has 0 saturated carbocycles. The number of carbonyl (C=O) groups is 1. The summed E-state index contributed by atoms with van der Waals surface area (Å²) in [6.45, 7) is 2.98. The normalized spacial score (nSPS) is 22.4. The van der Waals surface area contributed by atoms with Gasteiger partial charge in [-0.1, -0.05) is 25.1 Å². The standard InChI is InChI=1S/C11H13NO/c1-9-7-11(13)12(8-9)10-5-3-2-4-6-10/h2-6,9H,7-8H2,1H3/t9-/m0/s1. The zero-order valence-corrected chi connectivity index (χ0v) is 7.73. The van der Waals surface area contributed by atoms with Gasteiger partial charge in [-0.3, -0.25) is 4.79 Å². The highest BCUT2D eigenvalue weighted by molar-refractivity contribution is 5.95. The molecule has 1 aliphatic rings. The molecule has 2 heteroatoms. The predicted octanol–water partition coefficient (Wildman–Crippen LogP) is 2.06. The summed E-state index contributed by atoms with van der Waals surface area (Å²) in [5, 5.41) is 0. The SMILES string of the molecule is C[C@H]1CC(=O)N(c2ccccc2)C1. The van der Waals surface area contributed by atoms with Crippen LogP contribution in [-0.2, 0) is 4.79 Å². The van der Waals surface area contributed by atoms with E-state index in [2.05, 4.69) is 6.92 Å². The van der Waals surface area contributed by atoms with Crippen LogP contribution in [0.2, 0.25) is 0 Å². The minimum absolute atomic E-state index is 0.249. The van der Waals surface area contributed by atoms with Crippen molar-refractivity contribution in [2.75, 3.05) is 11.4 Å². The molecule has 13 heavy (non-hydrogen) atoms. The van der Waals surface area contributed by atoms with E-state index in [0.29, 0.717) is 12.3 Å². The highest BCUT2D eigenvalue weighted by Gasteiger charge is 2.26. The lowest BCUT2D eigenvalue weighted by Crippen LogP contribution is -2.23. The lowest BCUT2D eigenvalue weighted by molar-refractivity contribution is -0.117. The Morgan fingerprint density at radius 2 is 2.00 bits per heavy atom. The van der Waals surface area contributed by atoms with Gasteiger partial charge in [-0.25, -0.2) is 0 Å². The molecule has 1 heterocycles. The van der Waals surface area contributed by atoms with Crippen LogP contribution < -0.4 is 4.90 Å². The summed E-state index contributed by atoms with van der Waals surface area (Å²) >= 11 is 0. The first-order valence-corrected chi connectivity index (χ1v) is 4.63. The molecule has 2 rings (SSSR count). The van der Waals surface area contributed by atoms with Crippen molar-refractivity contribution in [2.24, 2.45) is 5.92 Å². The summed E-state index contributed by atoms with van der Waals surface area (Å²) in [7, 11) is 0. The molecule has 1 aliphatic heterocycles. The van der Waals surface area contributed by atoms with Crippen molar-refractivity contribution < 1.29 is 4.79 Å². The topological polar surface area (TPSA) is 20.3 Å². The molecule has 0 aliphatic carbocycles. The minimum Gasteiger partial charge on any atom is -0.312 e. The van der Waals surface area contributed by atoms with Gasteiger partial charge in [-0.15, -0.1) is 0 Å². The van der Waals surface area contributed by atoms with Crippen molar-refractivity contribution in [1.29, 1.82) is 0 Å². The van der Waals surface area contributed by atoms with Gasteiger partial charge in [0.1, 0.15) is 0 Å². The third-order valence-electron chi connectivity index (χ3n) is 2.39. The van der Waals surface area contributed by atoms with Gasteiger partial charge in [0.25, 0.3) is 0 Å². The summed E-state index contributed by atoms with van der Waals surface area (Å²) < 4.78 is 0. The molecule has 1 aromatic rings. The first-order chi connectivity index (χ1) is 6.27. The molecular formula is C11H13NO. The summed E-state index contributed by atoms with van der Waals surface area (Å²) in [5.41, 5.74) is 1.02. The van der Waals surface area contributed by atoms with Crippen LogP contribution in [0.25, 0.3) is 0 Å². The van der Waals surface area contributed by atoms with Gasteiger partial charge in [-0.05, 0) is 18.1 Å². The van der Waals surface area contributed by atoms with E-state index in [-0.39, 0.29) is 5.91 Å². The van der Waals surface area contributed by atoms with Gasteiger partial charge in [-0.2, -0.15) is 0 Å². The molecule has 0 unspecified atom stereocenters. The first kappa shape index (κ1) is 8.30. The first-order valence-electron chi connectivity index (χ1n) is 4.63. The fraction of sp³-hybridized carbons (Fsp3) is 0.364. The molecule has 0 aromatic heterocycles. The van der Waals surface area contributed by atoms with Gasteiger partial charge in [0.15, 0.2) is 0 Å². The monoisotopic (exact) mass is 175 g/mol. The smallest absolute Gasteiger partial charge is 0.227 e. The van der Waals surface area contributed by atoms with Crippen LogP contribution in [-0.4, -0.2) is 12.5 Å². The quantitative estimate of drug-likeness (QED) is 0.639. The highest BCUT2D eigenvalue weighted by Crippen LogP contribution is 2.23. The minimum atomic E-state index is 0.249. The van der Waals surface area contributed by atoms with Gasteiger partial charge in [0.2, 0.25) is 5.91 Å². The molecule has 0 radical (unpaired) electrons. The summed E-state index contributed by atoms with van der Waals surface area (Å²) in [5.74, 6) is 0.742. The number of hydrogen-bond acceptors (Lipinski definition) is 1. The Kier molecular flexibility index (Phi) is 2.05. The third-order valence-corrected chi connectivity index (χ3v) is 2.39. The van der Waals surface area contributed by atoms with Gasteiger partial charge >= 0.3 is 0 Å². The van der Waals surface area contributed by atoms with Crippen LogP contribution >= 0.6 is 0 Å². The van der Waals surface area contributed by atoms with E-state index in [1.54, 1.807) is 0 Å². The summed E-state index contributed by atoms with van der Waals surface area (Å²) in [4.78, 5) is 13.4. The zero-order chi connectivity index (χ0) is 9.26. The molecule has 68 valence electrons. The summed E-state index contributed by atoms with van der Waals surface area (Å²) in [6.07, 6.45) is 0.689. The Morgan fingerprint density at radius 1 is 1.31 bits per heavy atom. The number of rotatable bonds is 1. The van der Waals surface area contributed by atoms with E-state index in [0.717, 1.165) is 12.2 Å². The predicted molar refractivity (Wildman–Crippen MR) is 52.6 cm³/mol.